The van der Waals surface area contributed by atoms with Crippen molar-refractivity contribution in [3.63, 3.8) is 0 Å². The Kier molecular flexibility index (Phi) is 3.33. The molecule has 1 saturated heterocycles. The molecule has 1 aliphatic heterocycles. The summed E-state index contributed by atoms with van der Waals surface area (Å²) in [6.45, 7) is 5.69. The number of aliphatic hydroxyl groups is 1. The standard InChI is InChI=1S/C12H19NO3/c1-9-12(2,5-6-15-9)13-7-10-3-4-11(8-14)16-10/h3-4,9,13-14H,5-8H2,1-2H3. The van der Waals surface area contributed by atoms with E-state index < -0.39 is 0 Å². The van der Waals surface area contributed by atoms with Gasteiger partial charge in [-0.25, -0.2) is 0 Å². The molecule has 0 bridgehead atoms. The van der Waals surface area contributed by atoms with Gasteiger partial charge in [0.1, 0.15) is 18.1 Å². The molecule has 0 amide bonds. The topological polar surface area (TPSA) is 54.6 Å². The minimum absolute atomic E-state index is 0.0200. The predicted octanol–water partition coefficient (Wildman–Crippen LogP) is 1.43. The SMILES string of the molecule is CC1OCCC1(C)NCc1ccc(CO)o1. The average Bonchev–Trinajstić information content (AvgIpc) is 2.85. The summed E-state index contributed by atoms with van der Waals surface area (Å²) >= 11 is 0. The lowest BCUT2D eigenvalue weighted by Crippen LogP contribution is -2.47. The van der Waals surface area contributed by atoms with Crippen LogP contribution in [0.3, 0.4) is 0 Å². The first kappa shape index (κ1) is 11.6. The largest absolute Gasteiger partial charge is 0.462 e. The van der Waals surface area contributed by atoms with Crippen LogP contribution < -0.4 is 5.32 Å². The van der Waals surface area contributed by atoms with E-state index in [1.807, 2.05) is 6.07 Å². The van der Waals surface area contributed by atoms with Crippen LogP contribution in [-0.4, -0.2) is 23.4 Å². The highest BCUT2D eigenvalue weighted by Gasteiger charge is 2.36. The summed E-state index contributed by atoms with van der Waals surface area (Å²) in [5.74, 6) is 1.46. The van der Waals surface area contributed by atoms with Crippen molar-refractivity contribution in [3.8, 4) is 0 Å². The highest BCUT2D eigenvalue weighted by Crippen LogP contribution is 2.25. The Morgan fingerprint density at radius 1 is 1.50 bits per heavy atom. The zero-order chi connectivity index (χ0) is 11.6. The third-order valence-electron chi connectivity index (χ3n) is 3.43. The maximum atomic E-state index is 8.89. The second kappa shape index (κ2) is 4.57. The van der Waals surface area contributed by atoms with Crippen LogP contribution in [0.25, 0.3) is 0 Å². The Balaban J connectivity index is 1.91. The molecule has 4 nitrogen and oxygen atoms in total. The normalized spacial score (nSPS) is 29.8. The van der Waals surface area contributed by atoms with Gasteiger partial charge in [0.15, 0.2) is 0 Å². The molecule has 0 saturated carbocycles. The monoisotopic (exact) mass is 225 g/mol. The molecule has 1 aromatic rings. The van der Waals surface area contributed by atoms with Crippen LogP contribution in [0, 0.1) is 0 Å². The van der Waals surface area contributed by atoms with Gasteiger partial charge in [-0.1, -0.05) is 0 Å². The third-order valence-corrected chi connectivity index (χ3v) is 3.43. The molecule has 2 unspecified atom stereocenters. The van der Waals surface area contributed by atoms with Crippen molar-refractivity contribution in [3.05, 3.63) is 23.7 Å². The maximum absolute atomic E-state index is 8.89. The first-order valence-electron chi connectivity index (χ1n) is 5.69. The van der Waals surface area contributed by atoms with E-state index in [0.717, 1.165) is 18.8 Å². The van der Waals surface area contributed by atoms with E-state index in [0.29, 0.717) is 12.3 Å². The molecule has 1 aromatic heterocycles. The Bertz CT molecular complexity index is 350. The zero-order valence-electron chi connectivity index (χ0n) is 9.82. The fourth-order valence-corrected chi connectivity index (χ4v) is 1.96. The average molecular weight is 225 g/mol. The Hall–Kier alpha value is -0.840. The van der Waals surface area contributed by atoms with Gasteiger partial charge in [-0.2, -0.15) is 0 Å². The molecule has 1 fully saturated rings. The number of rotatable bonds is 4. The van der Waals surface area contributed by atoms with Crippen molar-refractivity contribution >= 4 is 0 Å². The smallest absolute Gasteiger partial charge is 0.129 e. The van der Waals surface area contributed by atoms with Gasteiger partial charge in [0.2, 0.25) is 0 Å². The van der Waals surface area contributed by atoms with Crippen LogP contribution in [0.15, 0.2) is 16.5 Å². The molecular weight excluding hydrogens is 206 g/mol. The van der Waals surface area contributed by atoms with Crippen LogP contribution in [0.5, 0.6) is 0 Å². The minimum atomic E-state index is -0.0449. The molecule has 0 aromatic carbocycles. The maximum Gasteiger partial charge on any atom is 0.129 e. The lowest BCUT2D eigenvalue weighted by atomic mass is 9.95. The summed E-state index contributed by atoms with van der Waals surface area (Å²) in [7, 11) is 0. The van der Waals surface area contributed by atoms with E-state index in [9.17, 15) is 0 Å². The van der Waals surface area contributed by atoms with Crippen molar-refractivity contribution in [2.45, 2.75) is 45.1 Å². The van der Waals surface area contributed by atoms with Crippen LogP contribution in [-0.2, 0) is 17.9 Å². The molecule has 16 heavy (non-hydrogen) atoms. The summed E-state index contributed by atoms with van der Waals surface area (Å²) in [6.07, 6.45) is 1.24. The van der Waals surface area contributed by atoms with Crippen LogP contribution >= 0.6 is 0 Å². The molecule has 0 aliphatic carbocycles. The zero-order valence-corrected chi connectivity index (χ0v) is 9.82. The van der Waals surface area contributed by atoms with Gasteiger partial charge in [-0.3, -0.25) is 0 Å². The second-order valence-corrected chi connectivity index (χ2v) is 4.56. The molecule has 2 heterocycles. The predicted molar refractivity (Wildman–Crippen MR) is 59.9 cm³/mol. The molecular formula is C12H19NO3. The molecule has 2 N–H and O–H groups in total. The number of ether oxygens (including phenoxy) is 1. The van der Waals surface area contributed by atoms with Gasteiger partial charge < -0.3 is 19.6 Å². The summed E-state index contributed by atoms with van der Waals surface area (Å²) in [5, 5.41) is 12.4. The Labute approximate surface area is 95.6 Å². The lowest BCUT2D eigenvalue weighted by Gasteiger charge is -2.28. The molecule has 2 rings (SSSR count). The van der Waals surface area contributed by atoms with Crippen LogP contribution in [0.4, 0.5) is 0 Å². The molecule has 0 spiro atoms. The molecule has 1 aliphatic rings. The highest BCUT2D eigenvalue weighted by molar-refractivity contribution is 5.07. The number of aliphatic hydroxyl groups excluding tert-OH is 1. The number of furan rings is 1. The van der Waals surface area contributed by atoms with E-state index in [1.165, 1.54) is 0 Å². The van der Waals surface area contributed by atoms with Crippen molar-refractivity contribution in [1.82, 2.24) is 5.32 Å². The fraction of sp³-hybridized carbons (Fsp3) is 0.667. The Morgan fingerprint density at radius 3 is 2.81 bits per heavy atom. The van der Waals surface area contributed by atoms with Crippen molar-refractivity contribution in [2.75, 3.05) is 6.61 Å². The molecule has 2 atom stereocenters. The summed E-state index contributed by atoms with van der Waals surface area (Å²) < 4.78 is 11.0. The van der Waals surface area contributed by atoms with Crippen LogP contribution in [0.2, 0.25) is 0 Å². The number of hydrogen-bond acceptors (Lipinski definition) is 4. The third kappa shape index (κ3) is 2.29. The lowest BCUT2D eigenvalue weighted by molar-refractivity contribution is 0.0873. The van der Waals surface area contributed by atoms with E-state index >= 15 is 0 Å². The van der Waals surface area contributed by atoms with E-state index in [-0.39, 0.29) is 18.2 Å². The molecule has 0 radical (unpaired) electrons. The van der Waals surface area contributed by atoms with Gasteiger partial charge in [-0.15, -0.1) is 0 Å². The highest BCUT2D eigenvalue weighted by atomic mass is 16.5. The molecule has 90 valence electrons. The summed E-state index contributed by atoms with van der Waals surface area (Å²) in [4.78, 5) is 0. The van der Waals surface area contributed by atoms with Crippen molar-refractivity contribution < 1.29 is 14.3 Å². The van der Waals surface area contributed by atoms with Crippen molar-refractivity contribution in [1.29, 1.82) is 0 Å². The van der Waals surface area contributed by atoms with Gasteiger partial charge in [0.05, 0.1) is 12.6 Å². The number of nitrogens with one attached hydrogen (secondary N) is 1. The van der Waals surface area contributed by atoms with Gasteiger partial charge in [0.25, 0.3) is 0 Å². The van der Waals surface area contributed by atoms with Gasteiger partial charge >= 0.3 is 0 Å². The van der Waals surface area contributed by atoms with E-state index in [1.54, 1.807) is 6.07 Å². The first-order valence-corrected chi connectivity index (χ1v) is 5.69. The summed E-state index contributed by atoms with van der Waals surface area (Å²) in [5.41, 5.74) is 0.0200. The summed E-state index contributed by atoms with van der Waals surface area (Å²) in [6, 6.07) is 3.69. The first-order chi connectivity index (χ1) is 7.64. The van der Waals surface area contributed by atoms with Crippen LogP contribution in [0.1, 0.15) is 31.8 Å². The number of hydrogen-bond donors (Lipinski definition) is 2. The minimum Gasteiger partial charge on any atom is -0.462 e. The fourth-order valence-electron chi connectivity index (χ4n) is 1.96. The molecule has 4 heteroatoms. The van der Waals surface area contributed by atoms with Crippen molar-refractivity contribution in [2.24, 2.45) is 0 Å². The Morgan fingerprint density at radius 2 is 2.25 bits per heavy atom. The van der Waals surface area contributed by atoms with Gasteiger partial charge in [0, 0.05) is 12.1 Å². The van der Waals surface area contributed by atoms with Gasteiger partial charge in [-0.05, 0) is 32.4 Å². The van der Waals surface area contributed by atoms with E-state index in [2.05, 4.69) is 19.2 Å². The van der Waals surface area contributed by atoms with E-state index in [4.69, 9.17) is 14.3 Å². The quantitative estimate of drug-likeness (QED) is 0.814. The second-order valence-electron chi connectivity index (χ2n) is 4.56.